The van der Waals surface area contributed by atoms with Crippen LogP contribution in [0.5, 0.6) is 0 Å². The molecule has 5 heteroatoms. The topological polar surface area (TPSA) is 36.4 Å². The van der Waals surface area contributed by atoms with E-state index in [0.717, 1.165) is 19.0 Å². The maximum absolute atomic E-state index is 4.26. The fourth-order valence-electron chi connectivity index (χ4n) is 1.82. The first-order chi connectivity index (χ1) is 10.3. The largest absolute Gasteiger partial charge is 0.355 e. The fourth-order valence-corrected chi connectivity index (χ4v) is 3.41. The lowest BCUT2D eigenvalue weighted by Crippen LogP contribution is -2.39. The third-order valence-electron chi connectivity index (χ3n) is 2.87. The van der Waals surface area contributed by atoms with Gasteiger partial charge in [-0.05, 0) is 23.6 Å². The Bertz CT molecular complexity index is 538. The van der Waals surface area contributed by atoms with Gasteiger partial charge in [-0.15, -0.1) is 23.1 Å². The van der Waals surface area contributed by atoms with E-state index in [2.05, 4.69) is 64.3 Å². The van der Waals surface area contributed by atoms with E-state index in [9.17, 15) is 0 Å². The number of guanidine groups is 1. The van der Waals surface area contributed by atoms with Gasteiger partial charge in [0.2, 0.25) is 0 Å². The van der Waals surface area contributed by atoms with Crippen molar-refractivity contribution in [1.29, 1.82) is 0 Å². The number of hydrogen-bond acceptors (Lipinski definition) is 3. The summed E-state index contributed by atoms with van der Waals surface area (Å²) in [5.74, 6) is 0.851. The normalized spacial score (nSPS) is 13.0. The Labute approximate surface area is 134 Å². The molecule has 0 radical (unpaired) electrons. The second kappa shape index (κ2) is 8.74. The van der Waals surface area contributed by atoms with E-state index >= 15 is 0 Å². The Balaban J connectivity index is 1.72. The van der Waals surface area contributed by atoms with Crippen LogP contribution in [0, 0.1) is 0 Å². The molecule has 0 saturated heterocycles. The Morgan fingerprint density at radius 1 is 1.19 bits per heavy atom. The SMILES string of the molecule is CN=C(NCc1cccs1)NCC(C)Sc1ccccc1. The lowest BCUT2D eigenvalue weighted by molar-refractivity contribution is 0.794. The van der Waals surface area contributed by atoms with Crippen LogP contribution in [0.15, 0.2) is 57.7 Å². The molecular formula is C16H21N3S2. The van der Waals surface area contributed by atoms with Crippen LogP contribution in [0.2, 0.25) is 0 Å². The molecule has 1 unspecified atom stereocenters. The van der Waals surface area contributed by atoms with Crippen LogP contribution in [0.4, 0.5) is 0 Å². The molecule has 0 aliphatic heterocycles. The van der Waals surface area contributed by atoms with E-state index in [-0.39, 0.29) is 0 Å². The van der Waals surface area contributed by atoms with Crippen LogP contribution in [-0.4, -0.2) is 24.8 Å². The maximum atomic E-state index is 4.26. The molecule has 21 heavy (non-hydrogen) atoms. The molecule has 1 aromatic carbocycles. The van der Waals surface area contributed by atoms with Gasteiger partial charge in [0.15, 0.2) is 5.96 Å². The van der Waals surface area contributed by atoms with E-state index < -0.39 is 0 Å². The highest BCUT2D eigenvalue weighted by Crippen LogP contribution is 2.21. The summed E-state index contributed by atoms with van der Waals surface area (Å²) >= 11 is 3.62. The van der Waals surface area contributed by atoms with Crippen LogP contribution in [0.3, 0.4) is 0 Å². The number of aliphatic imine (C=N–C) groups is 1. The van der Waals surface area contributed by atoms with Crippen LogP contribution in [0.1, 0.15) is 11.8 Å². The summed E-state index contributed by atoms with van der Waals surface area (Å²) < 4.78 is 0. The zero-order valence-electron chi connectivity index (χ0n) is 12.4. The van der Waals surface area contributed by atoms with E-state index in [1.807, 2.05) is 17.8 Å². The van der Waals surface area contributed by atoms with Crippen molar-refractivity contribution in [2.24, 2.45) is 4.99 Å². The third kappa shape index (κ3) is 5.81. The van der Waals surface area contributed by atoms with Gasteiger partial charge in [-0.1, -0.05) is 31.2 Å². The smallest absolute Gasteiger partial charge is 0.191 e. The Hall–Kier alpha value is -1.46. The minimum Gasteiger partial charge on any atom is -0.355 e. The molecule has 112 valence electrons. The van der Waals surface area contributed by atoms with Gasteiger partial charge in [0, 0.05) is 28.6 Å². The van der Waals surface area contributed by atoms with Crippen molar-refractivity contribution in [3.8, 4) is 0 Å². The van der Waals surface area contributed by atoms with Crippen molar-refractivity contribution < 1.29 is 0 Å². The minimum atomic E-state index is 0.479. The number of benzene rings is 1. The molecule has 2 rings (SSSR count). The van der Waals surface area contributed by atoms with Crippen molar-refractivity contribution >= 4 is 29.1 Å². The first-order valence-electron chi connectivity index (χ1n) is 6.96. The van der Waals surface area contributed by atoms with Gasteiger partial charge in [-0.3, -0.25) is 4.99 Å². The molecular weight excluding hydrogens is 298 g/mol. The van der Waals surface area contributed by atoms with Crippen molar-refractivity contribution in [2.75, 3.05) is 13.6 Å². The monoisotopic (exact) mass is 319 g/mol. The van der Waals surface area contributed by atoms with Crippen molar-refractivity contribution in [3.05, 3.63) is 52.7 Å². The molecule has 0 saturated carbocycles. The van der Waals surface area contributed by atoms with Gasteiger partial charge in [-0.2, -0.15) is 0 Å². The van der Waals surface area contributed by atoms with Crippen molar-refractivity contribution in [2.45, 2.75) is 23.6 Å². The average molecular weight is 319 g/mol. The average Bonchev–Trinajstić information content (AvgIpc) is 3.02. The molecule has 2 aromatic rings. The van der Waals surface area contributed by atoms with E-state index in [0.29, 0.717) is 5.25 Å². The molecule has 0 amide bonds. The Kier molecular flexibility index (Phi) is 6.63. The van der Waals surface area contributed by atoms with Crippen LogP contribution in [-0.2, 0) is 6.54 Å². The molecule has 0 spiro atoms. The summed E-state index contributed by atoms with van der Waals surface area (Å²) in [5.41, 5.74) is 0. The summed E-state index contributed by atoms with van der Waals surface area (Å²) in [6, 6.07) is 14.7. The van der Waals surface area contributed by atoms with Gasteiger partial charge in [-0.25, -0.2) is 0 Å². The zero-order valence-corrected chi connectivity index (χ0v) is 14.0. The molecule has 0 aliphatic rings. The Morgan fingerprint density at radius 3 is 2.67 bits per heavy atom. The zero-order chi connectivity index (χ0) is 14.9. The molecule has 1 heterocycles. The van der Waals surface area contributed by atoms with Crippen molar-refractivity contribution in [1.82, 2.24) is 10.6 Å². The van der Waals surface area contributed by atoms with Gasteiger partial charge in [0.1, 0.15) is 0 Å². The summed E-state index contributed by atoms with van der Waals surface area (Å²) in [4.78, 5) is 6.87. The summed E-state index contributed by atoms with van der Waals surface area (Å²) in [7, 11) is 1.80. The first kappa shape index (κ1) is 15.9. The van der Waals surface area contributed by atoms with Gasteiger partial charge in [0.25, 0.3) is 0 Å². The van der Waals surface area contributed by atoms with Crippen LogP contribution in [0.25, 0.3) is 0 Å². The second-order valence-electron chi connectivity index (χ2n) is 4.63. The molecule has 3 nitrogen and oxygen atoms in total. The van der Waals surface area contributed by atoms with E-state index in [1.165, 1.54) is 9.77 Å². The number of thiophene rings is 1. The highest BCUT2D eigenvalue weighted by molar-refractivity contribution is 8.00. The van der Waals surface area contributed by atoms with Gasteiger partial charge >= 0.3 is 0 Å². The Morgan fingerprint density at radius 2 is 2.00 bits per heavy atom. The standard InChI is InChI=1S/C16H21N3S2/c1-13(21-14-7-4-3-5-8-14)11-18-16(17-2)19-12-15-9-6-10-20-15/h3-10,13H,11-12H2,1-2H3,(H2,17,18,19). The molecule has 1 atom stereocenters. The predicted octanol–water partition coefficient (Wildman–Crippen LogP) is 3.59. The van der Waals surface area contributed by atoms with E-state index in [4.69, 9.17) is 0 Å². The number of nitrogens with one attached hydrogen (secondary N) is 2. The van der Waals surface area contributed by atoms with Gasteiger partial charge < -0.3 is 10.6 Å². The lowest BCUT2D eigenvalue weighted by Gasteiger charge is -2.15. The highest BCUT2D eigenvalue weighted by Gasteiger charge is 2.05. The number of hydrogen-bond donors (Lipinski definition) is 2. The number of nitrogens with zero attached hydrogens (tertiary/aromatic N) is 1. The second-order valence-corrected chi connectivity index (χ2v) is 7.17. The summed E-state index contributed by atoms with van der Waals surface area (Å²) in [5, 5.41) is 9.27. The molecule has 0 fully saturated rings. The predicted molar refractivity (Wildman–Crippen MR) is 94.3 cm³/mol. The number of thioether (sulfide) groups is 1. The third-order valence-corrected chi connectivity index (χ3v) is 4.86. The van der Waals surface area contributed by atoms with Gasteiger partial charge in [0.05, 0.1) is 6.54 Å². The minimum absolute atomic E-state index is 0.479. The van der Waals surface area contributed by atoms with E-state index in [1.54, 1.807) is 18.4 Å². The number of rotatable bonds is 6. The molecule has 0 aliphatic carbocycles. The fraction of sp³-hybridized carbons (Fsp3) is 0.312. The van der Waals surface area contributed by atoms with Crippen LogP contribution < -0.4 is 10.6 Å². The highest BCUT2D eigenvalue weighted by atomic mass is 32.2. The van der Waals surface area contributed by atoms with Crippen molar-refractivity contribution in [3.63, 3.8) is 0 Å². The quantitative estimate of drug-likeness (QED) is 0.485. The summed E-state index contributed by atoms with van der Waals surface area (Å²) in [6.45, 7) is 3.92. The molecule has 0 bridgehead atoms. The first-order valence-corrected chi connectivity index (χ1v) is 8.72. The molecule has 1 aromatic heterocycles. The maximum Gasteiger partial charge on any atom is 0.191 e. The van der Waals surface area contributed by atoms with Crippen LogP contribution >= 0.6 is 23.1 Å². The summed E-state index contributed by atoms with van der Waals surface area (Å²) in [6.07, 6.45) is 0. The molecule has 2 N–H and O–H groups in total. The lowest BCUT2D eigenvalue weighted by atomic mass is 10.4.